The Morgan fingerprint density at radius 3 is 2.55 bits per heavy atom. The van der Waals surface area contributed by atoms with Gasteiger partial charge in [0.15, 0.2) is 0 Å². The molecule has 0 spiro atoms. The fourth-order valence-corrected chi connectivity index (χ4v) is 2.25. The van der Waals surface area contributed by atoms with Crippen LogP contribution in [0.25, 0.3) is 0 Å². The molecule has 1 amide bonds. The summed E-state index contributed by atoms with van der Waals surface area (Å²) in [5.74, 6) is -0.513. The summed E-state index contributed by atoms with van der Waals surface area (Å²) in [4.78, 5) is 11.7. The second-order valence-corrected chi connectivity index (χ2v) is 5.19. The van der Waals surface area contributed by atoms with Gasteiger partial charge in [0, 0.05) is 18.0 Å². The lowest BCUT2D eigenvalue weighted by Crippen LogP contribution is -2.25. The molecule has 0 aliphatic rings. The van der Waals surface area contributed by atoms with Crippen LogP contribution in [-0.4, -0.2) is 29.7 Å². The predicted molar refractivity (Wildman–Crippen MR) is 71.6 cm³/mol. The molecule has 0 bridgehead atoms. The van der Waals surface area contributed by atoms with Crippen LogP contribution in [0.3, 0.4) is 0 Å². The second kappa shape index (κ2) is 8.16. The van der Waals surface area contributed by atoms with Crippen molar-refractivity contribution in [1.29, 1.82) is 0 Å². The first-order chi connectivity index (χ1) is 9.44. The van der Waals surface area contributed by atoms with Gasteiger partial charge in [0.1, 0.15) is 0 Å². The van der Waals surface area contributed by atoms with Gasteiger partial charge in [0.05, 0.1) is 5.56 Å². The summed E-state index contributed by atoms with van der Waals surface area (Å²) >= 11 is -0.291. The predicted octanol–water partition coefficient (Wildman–Crippen LogP) is 3.19. The molecule has 112 valence electrons. The SMILES string of the molecule is O=C(NCCCCCO)c1ccccc1SC(F)(F)F. The van der Waals surface area contributed by atoms with E-state index >= 15 is 0 Å². The average Bonchev–Trinajstić information content (AvgIpc) is 2.37. The topological polar surface area (TPSA) is 49.3 Å². The molecule has 0 fully saturated rings. The van der Waals surface area contributed by atoms with E-state index in [0.717, 1.165) is 6.42 Å². The zero-order valence-electron chi connectivity index (χ0n) is 10.7. The van der Waals surface area contributed by atoms with Crippen LogP contribution in [0.4, 0.5) is 13.2 Å². The molecule has 0 heterocycles. The Bertz CT molecular complexity index is 438. The number of amides is 1. The summed E-state index contributed by atoms with van der Waals surface area (Å²) in [6.45, 7) is 0.475. The molecule has 1 rings (SSSR count). The molecule has 1 aromatic rings. The van der Waals surface area contributed by atoms with E-state index in [2.05, 4.69) is 5.32 Å². The number of rotatable bonds is 7. The van der Waals surface area contributed by atoms with Crippen molar-refractivity contribution >= 4 is 17.7 Å². The highest BCUT2D eigenvalue weighted by molar-refractivity contribution is 8.00. The minimum absolute atomic E-state index is 0.0250. The Morgan fingerprint density at radius 2 is 1.90 bits per heavy atom. The number of hydrogen-bond donors (Lipinski definition) is 2. The van der Waals surface area contributed by atoms with Crippen molar-refractivity contribution in [1.82, 2.24) is 5.32 Å². The molecule has 0 unspecified atom stereocenters. The summed E-state index contributed by atoms with van der Waals surface area (Å²) in [5.41, 5.74) is -4.39. The lowest BCUT2D eigenvalue weighted by molar-refractivity contribution is -0.0328. The Morgan fingerprint density at radius 1 is 1.20 bits per heavy atom. The lowest BCUT2D eigenvalue weighted by Gasteiger charge is -2.11. The van der Waals surface area contributed by atoms with Crippen molar-refractivity contribution in [2.24, 2.45) is 0 Å². The van der Waals surface area contributed by atoms with Gasteiger partial charge in [-0.3, -0.25) is 4.79 Å². The number of carbonyl (C=O) groups is 1. The van der Waals surface area contributed by atoms with Gasteiger partial charge in [-0.25, -0.2) is 0 Å². The van der Waals surface area contributed by atoms with Gasteiger partial charge in [-0.15, -0.1) is 0 Å². The van der Waals surface area contributed by atoms with E-state index in [1.165, 1.54) is 24.3 Å². The molecule has 0 radical (unpaired) electrons. The fraction of sp³-hybridized carbons (Fsp3) is 0.462. The van der Waals surface area contributed by atoms with Crippen LogP contribution in [0.5, 0.6) is 0 Å². The molecular formula is C13H16F3NO2S. The zero-order chi connectivity index (χ0) is 15.0. The normalized spacial score (nSPS) is 11.4. The van der Waals surface area contributed by atoms with Gasteiger partial charge in [-0.1, -0.05) is 12.1 Å². The van der Waals surface area contributed by atoms with Crippen molar-refractivity contribution in [3.63, 3.8) is 0 Å². The molecule has 0 saturated carbocycles. The molecule has 2 N–H and O–H groups in total. The maximum atomic E-state index is 12.4. The van der Waals surface area contributed by atoms with Crippen molar-refractivity contribution in [2.75, 3.05) is 13.2 Å². The molecule has 3 nitrogen and oxygen atoms in total. The van der Waals surface area contributed by atoms with Crippen LogP contribution in [0, 0.1) is 0 Å². The highest BCUT2D eigenvalue weighted by atomic mass is 32.2. The number of thioether (sulfide) groups is 1. The fourth-order valence-electron chi connectivity index (χ4n) is 1.58. The minimum atomic E-state index is -4.42. The van der Waals surface area contributed by atoms with E-state index in [1.807, 2.05) is 0 Å². The first-order valence-corrected chi connectivity index (χ1v) is 6.99. The van der Waals surface area contributed by atoms with Crippen molar-refractivity contribution in [3.8, 4) is 0 Å². The molecule has 1 aromatic carbocycles. The number of hydrogen-bond acceptors (Lipinski definition) is 3. The van der Waals surface area contributed by atoms with E-state index < -0.39 is 11.4 Å². The van der Waals surface area contributed by atoms with Gasteiger partial charge in [-0.05, 0) is 43.2 Å². The molecule has 0 saturated heterocycles. The van der Waals surface area contributed by atoms with E-state index in [-0.39, 0.29) is 28.8 Å². The molecule has 0 aliphatic carbocycles. The summed E-state index contributed by atoms with van der Waals surface area (Å²) < 4.78 is 37.2. The van der Waals surface area contributed by atoms with Gasteiger partial charge in [0.25, 0.3) is 5.91 Å². The van der Waals surface area contributed by atoms with Crippen LogP contribution in [-0.2, 0) is 0 Å². The number of unbranched alkanes of at least 4 members (excludes halogenated alkanes) is 2. The highest BCUT2D eigenvalue weighted by Gasteiger charge is 2.31. The summed E-state index contributed by atoms with van der Waals surface area (Å²) in [5, 5.41) is 11.2. The number of halogens is 3. The van der Waals surface area contributed by atoms with Gasteiger partial charge in [0.2, 0.25) is 0 Å². The molecular weight excluding hydrogens is 291 g/mol. The Hall–Kier alpha value is -1.21. The Balaban J connectivity index is 2.59. The van der Waals surface area contributed by atoms with Crippen molar-refractivity contribution in [3.05, 3.63) is 29.8 Å². The average molecular weight is 307 g/mol. The van der Waals surface area contributed by atoms with E-state index in [9.17, 15) is 18.0 Å². The van der Waals surface area contributed by atoms with Crippen LogP contribution in [0.15, 0.2) is 29.2 Å². The van der Waals surface area contributed by atoms with Crippen LogP contribution < -0.4 is 5.32 Å². The molecule has 0 atom stereocenters. The number of benzene rings is 1. The third-order valence-electron chi connectivity index (χ3n) is 2.48. The van der Waals surface area contributed by atoms with E-state index in [0.29, 0.717) is 19.4 Å². The van der Waals surface area contributed by atoms with Crippen LogP contribution >= 0.6 is 11.8 Å². The van der Waals surface area contributed by atoms with Gasteiger partial charge >= 0.3 is 5.51 Å². The molecule has 0 aromatic heterocycles. The number of alkyl halides is 3. The van der Waals surface area contributed by atoms with E-state index in [1.54, 1.807) is 0 Å². The molecule has 0 aliphatic heterocycles. The minimum Gasteiger partial charge on any atom is -0.396 e. The molecule has 7 heteroatoms. The lowest BCUT2D eigenvalue weighted by atomic mass is 10.2. The quantitative estimate of drug-likeness (QED) is 0.601. The number of carbonyl (C=O) groups excluding carboxylic acids is 1. The summed E-state index contributed by atoms with van der Waals surface area (Å²) in [6.07, 6.45) is 2.09. The Kier molecular flexibility index (Phi) is 6.87. The monoisotopic (exact) mass is 307 g/mol. The summed E-state index contributed by atoms with van der Waals surface area (Å²) in [7, 11) is 0. The van der Waals surface area contributed by atoms with Gasteiger partial charge in [-0.2, -0.15) is 13.2 Å². The standard InChI is InChI=1S/C13H16F3NO2S/c14-13(15,16)20-11-7-3-2-6-10(11)12(19)17-8-4-1-5-9-18/h2-3,6-7,18H,1,4-5,8-9H2,(H,17,19). The van der Waals surface area contributed by atoms with Crippen LogP contribution in [0.1, 0.15) is 29.6 Å². The third-order valence-corrected chi connectivity index (χ3v) is 3.29. The molecule has 20 heavy (non-hydrogen) atoms. The van der Waals surface area contributed by atoms with Gasteiger partial charge < -0.3 is 10.4 Å². The maximum absolute atomic E-state index is 12.4. The zero-order valence-corrected chi connectivity index (χ0v) is 11.6. The first-order valence-electron chi connectivity index (χ1n) is 6.18. The smallest absolute Gasteiger partial charge is 0.396 e. The second-order valence-electron chi connectivity index (χ2n) is 4.08. The largest absolute Gasteiger partial charge is 0.446 e. The highest BCUT2D eigenvalue weighted by Crippen LogP contribution is 2.38. The van der Waals surface area contributed by atoms with Crippen LogP contribution in [0.2, 0.25) is 0 Å². The number of nitrogens with one attached hydrogen (secondary N) is 1. The third kappa shape index (κ3) is 6.29. The van der Waals surface area contributed by atoms with Crippen molar-refractivity contribution in [2.45, 2.75) is 29.7 Å². The van der Waals surface area contributed by atoms with Crippen molar-refractivity contribution < 1.29 is 23.1 Å². The first kappa shape index (κ1) is 16.8. The Labute approximate surface area is 119 Å². The number of aliphatic hydroxyl groups is 1. The number of aliphatic hydroxyl groups excluding tert-OH is 1. The maximum Gasteiger partial charge on any atom is 0.446 e. The summed E-state index contributed by atoms with van der Waals surface area (Å²) in [6, 6.07) is 5.64. The van der Waals surface area contributed by atoms with E-state index in [4.69, 9.17) is 5.11 Å².